The van der Waals surface area contributed by atoms with Crippen LogP contribution >= 0.6 is 0 Å². The highest BCUT2D eigenvalue weighted by Gasteiger charge is 2.18. The molecule has 0 bridgehead atoms. The van der Waals surface area contributed by atoms with E-state index >= 15 is 0 Å². The molecule has 0 saturated heterocycles. The summed E-state index contributed by atoms with van der Waals surface area (Å²) in [6.45, 7) is 7.03. The van der Waals surface area contributed by atoms with Crippen LogP contribution in [0.25, 0.3) is 0 Å². The Kier molecular flexibility index (Phi) is 5.29. The minimum Gasteiger partial charge on any atom is -0.326 e. The van der Waals surface area contributed by atoms with E-state index in [2.05, 4.69) is 10.0 Å². The fourth-order valence-electron chi connectivity index (χ4n) is 2.50. The summed E-state index contributed by atoms with van der Waals surface area (Å²) in [4.78, 5) is 11.3. The van der Waals surface area contributed by atoms with Crippen molar-refractivity contribution in [1.82, 2.24) is 0 Å². The Hall–Kier alpha value is -2.34. The number of rotatable bonds is 5. The largest absolute Gasteiger partial charge is 0.326 e. The molecule has 1 amide bonds. The third kappa shape index (κ3) is 3.94. The molecule has 0 heterocycles. The number of aryl methyl sites for hydroxylation is 3. The van der Waals surface area contributed by atoms with Crippen LogP contribution in [0.15, 0.2) is 41.3 Å². The van der Waals surface area contributed by atoms with Crippen LogP contribution in [0, 0.1) is 13.8 Å². The van der Waals surface area contributed by atoms with E-state index in [1.165, 1.54) is 13.0 Å². The summed E-state index contributed by atoms with van der Waals surface area (Å²) >= 11 is 0. The molecule has 6 heteroatoms. The molecule has 0 radical (unpaired) electrons. The van der Waals surface area contributed by atoms with E-state index in [0.717, 1.165) is 17.5 Å². The molecule has 0 aliphatic carbocycles. The Morgan fingerprint density at radius 1 is 1.08 bits per heavy atom. The molecule has 0 saturated carbocycles. The number of hydrogen-bond acceptors (Lipinski definition) is 3. The van der Waals surface area contributed by atoms with Gasteiger partial charge in [0.25, 0.3) is 10.0 Å². The maximum absolute atomic E-state index is 12.7. The van der Waals surface area contributed by atoms with Crippen LogP contribution in [0.5, 0.6) is 0 Å². The number of carbonyl (C=O) groups excluding carboxylic acids is 1. The molecule has 0 unspecified atom stereocenters. The van der Waals surface area contributed by atoms with E-state index < -0.39 is 10.0 Å². The predicted molar refractivity (Wildman–Crippen MR) is 96.8 cm³/mol. The number of sulfonamides is 1. The highest BCUT2D eigenvalue weighted by atomic mass is 32.2. The average Bonchev–Trinajstić information content (AvgIpc) is 2.50. The Bertz CT molecular complexity index is 874. The van der Waals surface area contributed by atoms with Gasteiger partial charge in [-0.2, -0.15) is 0 Å². The second-order valence-corrected chi connectivity index (χ2v) is 7.41. The third-order valence-corrected chi connectivity index (χ3v) is 5.14. The molecule has 0 aromatic heterocycles. The minimum atomic E-state index is -3.70. The molecule has 24 heavy (non-hydrogen) atoms. The molecule has 2 rings (SSSR count). The van der Waals surface area contributed by atoms with Gasteiger partial charge in [0.1, 0.15) is 0 Å². The lowest BCUT2D eigenvalue weighted by molar-refractivity contribution is -0.114. The fourth-order valence-corrected chi connectivity index (χ4v) is 3.75. The lowest BCUT2D eigenvalue weighted by Gasteiger charge is -2.15. The van der Waals surface area contributed by atoms with E-state index in [4.69, 9.17) is 0 Å². The summed E-state index contributed by atoms with van der Waals surface area (Å²) in [6.07, 6.45) is 0.736. The van der Waals surface area contributed by atoms with E-state index in [1.807, 2.05) is 32.0 Å². The Balaban J connectivity index is 2.38. The first-order valence-electron chi connectivity index (χ1n) is 7.74. The zero-order valence-corrected chi connectivity index (χ0v) is 15.1. The zero-order chi connectivity index (χ0) is 17.9. The standard InChI is InChI=1S/C18H22N2O3S/c1-5-15-8-6-7-12(2)18(15)20-24(22,23)16-9-10-17(13(3)11-16)19-14(4)21/h6-11,20H,5H2,1-4H3,(H,19,21). The Labute approximate surface area is 143 Å². The topological polar surface area (TPSA) is 75.3 Å². The van der Waals surface area contributed by atoms with E-state index in [1.54, 1.807) is 19.1 Å². The van der Waals surface area contributed by atoms with Gasteiger partial charge in [0.2, 0.25) is 5.91 Å². The van der Waals surface area contributed by atoms with E-state index in [-0.39, 0.29) is 10.8 Å². The molecule has 2 N–H and O–H groups in total. The number of carbonyl (C=O) groups is 1. The van der Waals surface area contributed by atoms with Crippen molar-refractivity contribution in [2.24, 2.45) is 0 Å². The van der Waals surface area contributed by atoms with Crippen molar-refractivity contribution in [3.8, 4) is 0 Å². The van der Waals surface area contributed by atoms with Crippen molar-refractivity contribution >= 4 is 27.3 Å². The van der Waals surface area contributed by atoms with Crippen LogP contribution in [0.1, 0.15) is 30.5 Å². The van der Waals surface area contributed by atoms with Crippen molar-refractivity contribution in [3.63, 3.8) is 0 Å². The summed E-state index contributed by atoms with van der Waals surface area (Å²) in [5.41, 5.74) is 3.75. The molecule has 0 aliphatic rings. The van der Waals surface area contributed by atoms with Crippen molar-refractivity contribution in [2.75, 3.05) is 10.0 Å². The molecular formula is C18H22N2O3S. The maximum atomic E-state index is 12.7. The zero-order valence-electron chi connectivity index (χ0n) is 14.3. The monoisotopic (exact) mass is 346 g/mol. The number of para-hydroxylation sites is 1. The third-order valence-electron chi connectivity index (χ3n) is 3.80. The van der Waals surface area contributed by atoms with Gasteiger partial charge in [0, 0.05) is 12.6 Å². The second kappa shape index (κ2) is 7.05. The molecule has 0 aliphatic heterocycles. The van der Waals surface area contributed by atoms with Gasteiger partial charge in [0.15, 0.2) is 0 Å². The number of hydrogen-bond donors (Lipinski definition) is 2. The molecular weight excluding hydrogens is 324 g/mol. The van der Waals surface area contributed by atoms with Crippen LogP contribution in [0.4, 0.5) is 11.4 Å². The van der Waals surface area contributed by atoms with Crippen LogP contribution in [0.3, 0.4) is 0 Å². The van der Waals surface area contributed by atoms with Gasteiger partial charge >= 0.3 is 0 Å². The molecule has 128 valence electrons. The summed E-state index contributed by atoms with van der Waals surface area (Å²) in [5, 5.41) is 2.67. The summed E-state index contributed by atoms with van der Waals surface area (Å²) in [5.74, 6) is -0.195. The molecule has 0 fully saturated rings. The van der Waals surface area contributed by atoms with Gasteiger partial charge < -0.3 is 5.32 Å². The molecule has 0 spiro atoms. The normalized spacial score (nSPS) is 11.2. The SMILES string of the molecule is CCc1cccc(C)c1NS(=O)(=O)c1ccc(NC(C)=O)c(C)c1. The smallest absolute Gasteiger partial charge is 0.261 e. The van der Waals surface area contributed by atoms with E-state index in [9.17, 15) is 13.2 Å². The van der Waals surface area contributed by atoms with Crippen LogP contribution in [-0.2, 0) is 21.2 Å². The number of anilines is 2. The highest BCUT2D eigenvalue weighted by molar-refractivity contribution is 7.92. The average molecular weight is 346 g/mol. The predicted octanol–water partition coefficient (Wildman–Crippen LogP) is 3.63. The summed E-state index contributed by atoms with van der Waals surface area (Å²) in [6, 6.07) is 10.3. The van der Waals surface area contributed by atoms with Crippen LogP contribution in [-0.4, -0.2) is 14.3 Å². The quantitative estimate of drug-likeness (QED) is 0.868. The lowest BCUT2D eigenvalue weighted by Crippen LogP contribution is -2.16. The Morgan fingerprint density at radius 2 is 1.79 bits per heavy atom. The highest BCUT2D eigenvalue weighted by Crippen LogP contribution is 2.26. The Morgan fingerprint density at radius 3 is 2.38 bits per heavy atom. The van der Waals surface area contributed by atoms with Gasteiger partial charge in [-0.3, -0.25) is 9.52 Å². The van der Waals surface area contributed by atoms with Gasteiger partial charge in [-0.25, -0.2) is 8.42 Å². The van der Waals surface area contributed by atoms with Crippen LogP contribution < -0.4 is 10.0 Å². The molecule has 0 atom stereocenters. The summed E-state index contributed by atoms with van der Waals surface area (Å²) < 4.78 is 28.1. The summed E-state index contributed by atoms with van der Waals surface area (Å²) in [7, 11) is -3.70. The van der Waals surface area contributed by atoms with Crippen molar-refractivity contribution in [2.45, 2.75) is 39.0 Å². The van der Waals surface area contributed by atoms with Crippen molar-refractivity contribution in [1.29, 1.82) is 0 Å². The first-order chi connectivity index (χ1) is 11.2. The van der Waals surface area contributed by atoms with Gasteiger partial charge in [0.05, 0.1) is 10.6 Å². The minimum absolute atomic E-state index is 0.166. The van der Waals surface area contributed by atoms with Gasteiger partial charge in [-0.05, 0) is 55.2 Å². The number of amides is 1. The van der Waals surface area contributed by atoms with E-state index in [0.29, 0.717) is 16.9 Å². The maximum Gasteiger partial charge on any atom is 0.261 e. The van der Waals surface area contributed by atoms with Crippen LogP contribution in [0.2, 0.25) is 0 Å². The molecule has 2 aromatic rings. The van der Waals surface area contributed by atoms with Crippen molar-refractivity contribution in [3.05, 3.63) is 53.1 Å². The fraction of sp³-hybridized carbons (Fsp3) is 0.278. The lowest BCUT2D eigenvalue weighted by atomic mass is 10.1. The molecule has 5 nitrogen and oxygen atoms in total. The van der Waals surface area contributed by atoms with Gasteiger partial charge in [-0.1, -0.05) is 25.1 Å². The van der Waals surface area contributed by atoms with Gasteiger partial charge in [-0.15, -0.1) is 0 Å². The molecule has 2 aromatic carbocycles. The second-order valence-electron chi connectivity index (χ2n) is 5.73. The number of benzene rings is 2. The van der Waals surface area contributed by atoms with Crippen molar-refractivity contribution < 1.29 is 13.2 Å². The first kappa shape index (κ1) is 18.0. The first-order valence-corrected chi connectivity index (χ1v) is 9.22. The number of nitrogens with one attached hydrogen (secondary N) is 2.